The Morgan fingerprint density at radius 3 is 2.70 bits per heavy atom. The average Bonchev–Trinajstić information content (AvgIpc) is 2.66. The maximum absolute atomic E-state index is 12.6. The molecule has 1 heterocycles. The third-order valence-electron chi connectivity index (χ3n) is 4.24. The molecule has 0 spiro atoms. The Morgan fingerprint density at radius 2 is 2.00 bits per heavy atom. The summed E-state index contributed by atoms with van der Waals surface area (Å²) in [5.74, 6) is -0.955. The van der Waals surface area contributed by atoms with Crippen molar-refractivity contribution in [2.24, 2.45) is 17.8 Å². The number of aromatic hydroxyl groups is 1. The number of hydrogen-bond donors (Lipinski definition) is 1. The van der Waals surface area contributed by atoms with Crippen molar-refractivity contribution >= 4 is 17.5 Å². The molecule has 0 saturated carbocycles. The molecule has 2 amide bonds. The smallest absolute Gasteiger partial charge is 0.238 e. The fraction of sp³-hybridized carbons (Fsp3) is 0.375. The van der Waals surface area contributed by atoms with Crippen LogP contribution in [0.25, 0.3) is 0 Å². The Bertz CT molecular complexity index is 620. The van der Waals surface area contributed by atoms with E-state index in [-0.39, 0.29) is 35.3 Å². The van der Waals surface area contributed by atoms with E-state index in [2.05, 4.69) is 0 Å². The maximum atomic E-state index is 12.6. The van der Waals surface area contributed by atoms with Crippen molar-refractivity contribution in [1.29, 1.82) is 0 Å². The fourth-order valence-electron chi connectivity index (χ4n) is 3.20. The van der Waals surface area contributed by atoms with Crippen molar-refractivity contribution in [2.75, 3.05) is 4.90 Å². The number of aryl methyl sites for hydroxylation is 1. The summed E-state index contributed by atoms with van der Waals surface area (Å²) in [4.78, 5) is 26.3. The van der Waals surface area contributed by atoms with Crippen LogP contribution in [0.3, 0.4) is 0 Å². The SMILES string of the molecule is Cc1ccc(O)c(N2C(=O)[C@H]3[C@H](CC=C[C@@H]3C)C2=O)c1. The molecule has 2 aliphatic rings. The average molecular weight is 271 g/mol. The van der Waals surface area contributed by atoms with Crippen molar-refractivity contribution in [3.8, 4) is 5.75 Å². The van der Waals surface area contributed by atoms with Crippen LogP contribution in [0.2, 0.25) is 0 Å². The summed E-state index contributed by atoms with van der Waals surface area (Å²) in [6.07, 6.45) is 4.56. The number of carbonyl (C=O) groups excluding carboxylic acids is 2. The molecule has 4 heteroatoms. The normalized spacial score (nSPS) is 28.9. The number of rotatable bonds is 1. The van der Waals surface area contributed by atoms with Crippen LogP contribution < -0.4 is 4.90 Å². The van der Waals surface area contributed by atoms with E-state index in [1.54, 1.807) is 12.1 Å². The Hall–Kier alpha value is -2.10. The van der Waals surface area contributed by atoms with Gasteiger partial charge in [0.2, 0.25) is 11.8 Å². The van der Waals surface area contributed by atoms with Gasteiger partial charge in [-0.2, -0.15) is 0 Å². The van der Waals surface area contributed by atoms with Gasteiger partial charge >= 0.3 is 0 Å². The lowest BCUT2D eigenvalue weighted by Crippen LogP contribution is -2.31. The molecule has 3 atom stereocenters. The zero-order valence-corrected chi connectivity index (χ0v) is 11.5. The molecule has 0 aromatic heterocycles. The van der Waals surface area contributed by atoms with Gasteiger partial charge in [-0.15, -0.1) is 0 Å². The summed E-state index contributed by atoms with van der Waals surface area (Å²) < 4.78 is 0. The summed E-state index contributed by atoms with van der Waals surface area (Å²) in [6, 6.07) is 4.95. The van der Waals surface area contributed by atoms with Crippen LogP contribution in [-0.4, -0.2) is 16.9 Å². The number of phenolic OH excluding ortho intramolecular Hbond substituents is 1. The van der Waals surface area contributed by atoms with E-state index in [0.717, 1.165) is 5.56 Å². The molecule has 1 aromatic rings. The van der Waals surface area contributed by atoms with E-state index in [1.807, 2.05) is 26.0 Å². The number of anilines is 1. The van der Waals surface area contributed by atoms with Gasteiger partial charge in [0.15, 0.2) is 0 Å². The van der Waals surface area contributed by atoms with Crippen LogP contribution in [0.1, 0.15) is 18.9 Å². The third kappa shape index (κ3) is 1.75. The number of hydrogen-bond acceptors (Lipinski definition) is 3. The van der Waals surface area contributed by atoms with Gasteiger partial charge in [0.05, 0.1) is 17.5 Å². The first-order chi connectivity index (χ1) is 9.50. The first-order valence-electron chi connectivity index (χ1n) is 6.85. The van der Waals surface area contributed by atoms with E-state index in [4.69, 9.17) is 0 Å². The molecular weight excluding hydrogens is 254 g/mol. The number of carbonyl (C=O) groups is 2. The van der Waals surface area contributed by atoms with Gasteiger partial charge in [-0.05, 0) is 37.0 Å². The summed E-state index contributed by atoms with van der Waals surface area (Å²) in [5, 5.41) is 9.97. The van der Waals surface area contributed by atoms with Crippen molar-refractivity contribution in [3.05, 3.63) is 35.9 Å². The minimum Gasteiger partial charge on any atom is -0.506 e. The lowest BCUT2D eigenvalue weighted by molar-refractivity contribution is -0.122. The number of benzene rings is 1. The second kappa shape index (κ2) is 4.47. The quantitative estimate of drug-likeness (QED) is 0.630. The molecule has 0 bridgehead atoms. The molecule has 1 aromatic carbocycles. The highest BCUT2D eigenvalue weighted by Gasteiger charge is 2.50. The van der Waals surface area contributed by atoms with Crippen LogP contribution >= 0.6 is 0 Å². The fourth-order valence-corrected chi connectivity index (χ4v) is 3.20. The van der Waals surface area contributed by atoms with Gasteiger partial charge < -0.3 is 5.11 Å². The standard InChI is InChI=1S/C16H17NO3/c1-9-6-7-13(18)12(8-9)17-15(19)11-5-3-4-10(2)14(11)16(17)20/h3-4,6-8,10-11,14,18H,5H2,1-2H3/t10-,11-,14+/m0/s1. The lowest BCUT2D eigenvalue weighted by atomic mass is 9.78. The molecule has 0 unspecified atom stereocenters. The van der Waals surface area contributed by atoms with Crippen LogP contribution in [0.5, 0.6) is 5.75 Å². The maximum Gasteiger partial charge on any atom is 0.238 e. The van der Waals surface area contributed by atoms with Crippen molar-refractivity contribution in [3.63, 3.8) is 0 Å². The van der Waals surface area contributed by atoms with E-state index in [0.29, 0.717) is 12.1 Å². The van der Waals surface area contributed by atoms with Gasteiger partial charge in [0.25, 0.3) is 0 Å². The van der Waals surface area contributed by atoms with E-state index < -0.39 is 0 Å². The highest BCUT2D eigenvalue weighted by molar-refractivity contribution is 6.23. The van der Waals surface area contributed by atoms with Crippen LogP contribution in [-0.2, 0) is 9.59 Å². The minimum absolute atomic E-state index is 0.0310. The number of allylic oxidation sites excluding steroid dienone is 2. The van der Waals surface area contributed by atoms with E-state index in [9.17, 15) is 14.7 Å². The molecular formula is C16H17NO3. The molecule has 1 saturated heterocycles. The van der Waals surface area contributed by atoms with Crippen molar-refractivity contribution in [2.45, 2.75) is 20.3 Å². The zero-order valence-electron chi connectivity index (χ0n) is 11.5. The molecule has 104 valence electrons. The van der Waals surface area contributed by atoms with Crippen molar-refractivity contribution < 1.29 is 14.7 Å². The molecule has 1 N–H and O–H groups in total. The molecule has 0 radical (unpaired) electrons. The predicted octanol–water partition coefficient (Wildman–Crippen LogP) is 2.40. The monoisotopic (exact) mass is 271 g/mol. The Balaban J connectivity index is 2.06. The largest absolute Gasteiger partial charge is 0.506 e. The number of phenols is 1. The van der Waals surface area contributed by atoms with Gasteiger partial charge in [0.1, 0.15) is 5.75 Å². The molecule has 4 nitrogen and oxygen atoms in total. The van der Waals surface area contributed by atoms with Gasteiger partial charge in [-0.3, -0.25) is 9.59 Å². The number of imide groups is 1. The second-order valence-electron chi connectivity index (χ2n) is 5.66. The summed E-state index contributed by atoms with van der Waals surface area (Å²) >= 11 is 0. The highest BCUT2D eigenvalue weighted by atomic mass is 16.3. The second-order valence-corrected chi connectivity index (χ2v) is 5.66. The van der Waals surface area contributed by atoms with Crippen LogP contribution in [0.4, 0.5) is 5.69 Å². The first-order valence-corrected chi connectivity index (χ1v) is 6.85. The summed E-state index contributed by atoms with van der Waals surface area (Å²) in [6.45, 7) is 3.82. The van der Waals surface area contributed by atoms with Crippen LogP contribution in [0.15, 0.2) is 30.4 Å². The van der Waals surface area contributed by atoms with E-state index >= 15 is 0 Å². The molecule has 1 fully saturated rings. The third-order valence-corrected chi connectivity index (χ3v) is 4.24. The van der Waals surface area contributed by atoms with Crippen LogP contribution in [0, 0.1) is 24.7 Å². The Morgan fingerprint density at radius 1 is 1.25 bits per heavy atom. The summed E-state index contributed by atoms with van der Waals surface area (Å²) in [7, 11) is 0. The first kappa shape index (κ1) is 12.9. The minimum atomic E-state index is -0.299. The molecule has 3 rings (SSSR count). The summed E-state index contributed by atoms with van der Waals surface area (Å²) in [5.41, 5.74) is 1.21. The van der Waals surface area contributed by atoms with E-state index in [1.165, 1.54) is 11.0 Å². The molecule has 1 aliphatic heterocycles. The van der Waals surface area contributed by atoms with Gasteiger partial charge in [0, 0.05) is 0 Å². The number of amides is 2. The topological polar surface area (TPSA) is 57.6 Å². The predicted molar refractivity (Wildman–Crippen MR) is 75.2 cm³/mol. The zero-order chi connectivity index (χ0) is 14.4. The highest BCUT2D eigenvalue weighted by Crippen LogP contribution is 2.42. The number of nitrogens with zero attached hydrogens (tertiary/aromatic N) is 1. The molecule has 1 aliphatic carbocycles. The Kier molecular flexibility index (Phi) is 2.89. The molecule has 20 heavy (non-hydrogen) atoms. The van der Waals surface area contributed by atoms with Gasteiger partial charge in [-0.25, -0.2) is 4.90 Å². The van der Waals surface area contributed by atoms with Crippen molar-refractivity contribution in [1.82, 2.24) is 0 Å². The Labute approximate surface area is 117 Å². The van der Waals surface area contributed by atoms with Gasteiger partial charge in [-0.1, -0.05) is 25.1 Å². The number of fused-ring (bicyclic) bond motifs is 1. The lowest BCUT2D eigenvalue weighted by Gasteiger charge is -2.22.